The van der Waals surface area contributed by atoms with E-state index in [1.54, 1.807) is 13.0 Å². The number of aryl methyl sites for hydroxylation is 1. The average molecular weight is 243 g/mol. The topological polar surface area (TPSA) is 102 Å². The zero-order chi connectivity index (χ0) is 12.1. The molecule has 16 heavy (non-hydrogen) atoms. The van der Waals surface area contributed by atoms with Gasteiger partial charge in [0.25, 0.3) is 0 Å². The number of aromatic nitrogens is 1. The van der Waals surface area contributed by atoms with E-state index in [2.05, 4.69) is 15.0 Å². The van der Waals surface area contributed by atoms with Gasteiger partial charge in [-0.05, 0) is 24.1 Å². The van der Waals surface area contributed by atoms with E-state index in [0.29, 0.717) is 11.1 Å². The summed E-state index contributed by atoms with van der Waals surface area (Å²) in [6, 6.07) is 1.67. The number of hydrogen-bond donors (Lipinski definition) is 2. The maximum Gasteiger partial charge on any atom is 0.135 e. The fraction of sp³-hybridized carbons (Fsp3) is 0.444. The van der Waals surface area contributed by atoms with Crippen LogP contribution < -0.4 is 0 Å². The van der Waals surface area contributed by atoms with Gasteiger partial charge in [-0.25, -0.2) is 4.98 Å². The maximum absolute atomic E-state index is 9.82. The first-order valence-corrected chi connectivity index (χ1v) is 4.93. The molecule has 1 heterocycles. The largest absolute Gasteiger partial charge is 0.390 e. The van der Waals surface area contributed by atoms with Gasteiger partial charge >= 0.3 is 0 Å². The van der Waals surface area contributed by atoms with Crippen molar-refractivity contribution in [3.63, 3.8) is 0 Å². The zero-order valence-electron chi connectivity index (χ0n) is 8.58. The van der Waals surface area contributed by atoms with E-state index in [1.165, 1.54) is 6.20 Å². The van der Waals surface area contributed by atoms with E-state index < -0.39 is 12.2 Å². The van der Waals surface area contributed by atoms with Crippen molar-refractivity contribution in [3.05, 3.63) is 39.0 Å². The molecular weight excluding hydrogens is 232 g/mol. The van der Waals surface area contributed by atoms with Crippen LogP contribution in [-0.2, 0) is 0 Å². The summed E-state index contributed by atoms with van der Waals surface area (Å²) in [4.78, 5) is 6.32. The highest BCUT2D eigenvalue weighted by atomic mass is 35.5. The highest BCUT2D eigenvalue weighted by Gasteiger charge is 2.22. The number of aliphatic hydroxyl groups excluding tert-OH is 2. The summed E-state index contributed by atoms with van der Waals surface area (Å²) in [6.07, 6.45) is -0.906. The lowest BCUT2D eigenvalue weighted by atomic mass is 10.0. The van der Waals surface area contributed by atoms with Crippen molar-refractivity contribution in [1.82, 2.24) is 4.98 Å². The molecule has 7 heteroatoms. The number of nitrogens with zero attached hydrogens (tertiary/aromatic N) is 4. The van der Waals surface area contributed by atoms with Crippen LogP contribution in [0, 0.1) is 6.92 Å². The van der Waals surface area contributed by atoms with Crippen LogP contribution in [0.25, 0.3) is 10.4 Å². The van der Waals surface area contributed by atoms with Gasteiger partial charge in [-0.15, -0.1) is 0 Å². The normalized spacial score (nSPS) is 14.0. The lowest BCUT2D eigenvalue weighted by Gasteiger charge is -2.18. The van der Waals surface area contributed by atoms with Crippen LogP contribution in [0.15, 0.2) is 17.4 Å². The Kier molecular flexibility index (Phi) is 4.52. The molecule has 0 saturated carbocycles. The van der Waals surface area contributed by atoms with Crippen LogP contribution in [0.2, 0.25) is 5.15 Å². The quantitative estimate of drug-likeness (QED) is 0.364. The Hall–Kier alpha value is -1.33. The van der Waals surface area contributed by atoms with E-state index in [1.807, 2.05) is 0 Å². The summed E-state index contributed by atoms with van der Waals surface area (Å²) in [5, 5.41) is 22.7. The van der Waals surface area contributed by atoms with Crippen molar-refractivity contribution >= 4 is 11.6 Å². The number of aliphatic hydroxyl groups is 2. The van der Waals surface area contributed by atoms with Crippen molar-refractivity contribution in [1.29, 1.82) is 0 Å². The number of azide groups is 1. The van der Waals surface area contributed by atoms with Crippen molar-refractivity contribution in [2.24, 2.45) is 5.11 Å². The van der Waals surface area contributed by atoms with Crippen LogP contribution in [0.5, 0.6) is 0 Å². The van der Waals surface area contributed by atoms with E-state index in [4.69, 9.17) is 17.1 Å². The van der Waals surface area contributed by atoms with E-state index in [9.17, 15) is 10.2 Å². The summed E-state index contributed by atoms with van der Waals surface area (Å²) in [6.45, 7) is 1.52. The third-order valence-electron chi connectivity index (χ3n) is 2.15. The predicted molar refractivity (Wildman–Crippen MR) is 59.0 cm³/mol. The summed E-state index contributed by atoms with van der Waals surface area (Å²) < 4.78 is 0. The van der Waals surface area contributed by atoms with Gasteiger partial charge in [-0.3, -0.25) is 0 Å². The number of rotatable bonds is 4. The molecule has 0 aliphatic rings. The number of pyridine rings is 1. The molecule has 1 aromatic rings. The van der Waals surface area contributed by atoms with Crippen molar-refractivity contribution in [2.45, 2.75) is 19.1 Å². The first kappa shape index (κ1) is 12.7. The molecule has 0 saturated heterocycles. The van der Waals surface area contributed by atoms with E-state index >= 15 is 0 Å². The van der Waals surface area contributed by atoms with Crippen LogP contribution in [-0.4, -0.2) is 27.8 Å². The predicted octanol–water partition coefficient (Wildman–Crippen LogP) is 1.75. The molecule has 2 atom stereocenters. The van der Waals surface area contributed by atoms with E-state index in [-0.39, 0.29) is 11.7 Å². The number of hydrogen-bond acceptors (Lipinski definition) is 4. The SMILES string of the molecule is Cc1ccnc(Cl)c1C(O)C(O)CN=[N+]=[N-]. The summed E-state index contributed by atoms with van der Waals surface area (Å²) >= 11 is 5.82. The highest BCUT2D eigenvalue weighted by molar-refractivity contribution is 6.30. The Balaban J connectivity index is 2.95. The highest BCUT2D eigenvalue weighted by Crippen LogP contribution is 2.26. The zero-order valence-corrected chi connectivity index (χ0v) is 9.33. The first-order valence-electron chi connectivity index (χ1n) is 4.56. The van der Waals surface area contributed by atoms with Gasteiger partial charge in [0.1, 0.15) is 11.3 Å². The Morgan fingerprint density at radius 3 is 2.88 bits per heavy atom. The molecule has 0 amide bonds. The fourth-order valence-corrected chi connectivity index (χ4v) is 1.62. The van der Waals surface area contributed by atoms with Gasteiger partial charge in [-0.2, -0.15) is 0 Å². The lowest BCUT2D eigenvalue weighted by molar-refractivity contribution is 0.0239. The molecule has 0 bridgehead atoms. The summed E-state index contributed by atoms with van der Waals surface area (Å²) in [7, 11) is 0. The average Bonchev–Trinajstić information content (AvgIpc) is 2.25. The third-order valence-corrected chi connectivity index (χ3v) is 2.45. The van der Waals surface area contributed by atoms with Crippen molar-refractivity contribution in [2.75, 3.05) is 6.54 Å². The molecule has 0 aromatic carbocycles. The minimum atomic E-state index is -1.22. The molecular formula is C9H11ClN4O2. The van der Waals surface area contributed by atoms with Gasteiger partial charge in [0.2, 0.25) is 0 Å². The maximum atomic E-state index is 9.82. The summed E-state index contributed by atoms with van der Waals surface area (Å²) in [5.74, 6) is 0. The standard InChI is InChI=1S/C9H11ClN4O2/c1-5-2-3-12-9(10)7(5)8(16)6(15)4-13-14-11/h2-3,6,8,15-16H,4H2,1H3. The van der Waals surface area contributed by atoms with Crippen molar-refractivity contribution < 1.29 is 10.2 Å². The molecule has 2 N–H and O–H groups in total. The van der Waals surface area contributed by atoms with Gasteiger partial charge in [-0.1, -0.05) is 16.7 Å². The van der Waals surface area contributed by atoms with Gasteiger partial charge < -0.3 is 10.2 Å². The first-order chi connectivity index (χ1) is 7.57. The summed E-state index contributed by atoms with van der Waals surface area (Å²) in [5.41, 5.74) is 9.17. The van der Waals surface area contributed by atoms with Crippen LogP contribution >= 0.6 is 11.6 Å². The molecule has 1 aromatic heterocycles. The molecule has 0 aliphatic heterocycles. The molecule has 6 nitrogen and oxygen atoms in total. The fourth-order valence-electron chi connectivity index (χ4n) is 1.30. The van der Waals surface area contributed by atoms with Crippen LogP contribution in [0.3, 0.4) is 0 Å². The Morgan fingerprint density at radius 1 is 1.62 bits per heavy atom. The molecule has 0 spiro atoms. The molecule has 0 fully saturated rings. The Labute approximate surface area is 97.1 Å². The molecule has 1 rings (SSSR count). The van der Waals surface area contributed by atoms with Gasteiger partial charge in [0, 0.05) is 16.7 Å². The third kappa shape index (κ3) is 2.84. The van der Waals surface area contributed by atoms with Crippen molar-refractivity contribution in [3.8, 4) is 0 Å². The smallest absolute Gasteiger partial charge is 0.135 e. The second-order valence-corrected chi connectivity index (χ2v) is 3.62. The molecule has 2 unspecified atom stereocenters. The minimum absolute atomic E-state index is 0.132. The lowest BCUT2D eigenvalue weighted by Crippen LogP contribution is -2.22. The van der Waals surface area contributed by atoms with Crippen LogP contribution in [0.4, 0.5) is 0 Å². The van der Waals surface area contributed by atoms with Crippen LogP contribution in [0.1, 0.15) is 17.2 Å². The second kappa shape index (κ2) is 5.67. The molecule has 0 aliphatic carbocycles. The molecule has 86 valence electrons. The Morgan fingerprint density at radius 2 is 2.31 bits per heavy atom. The number of halogens is 1. The Bertz CT molecular complexity index is 400. The minimum Gasteiger partial charge on any atom is -0.390 e. The monoisotopic (exact) mass is 242 g/mol. The van der Waals surface area contributed by atoms with E-state index in [0.717, 1.165) is 0 Å². The van der Waals surface area contributed by atoms with Gasteiger partial charge in [0.15, 0.2) is 0 Å². The molecule has 0 radical (unpaired) electrons. The van der Waals surface area contributed by atoms with Gasteiger partial charge in [0.05, 0.1) is 12.6 Å². The second-order valence-electron chi connectivity index (χ2n) is 3.26.